The van der Waals surface area contributed by atoms with Crippen LogP contribution < -0.4 is 4.74 Å². The fourth-order valence-electron chi connectivity index (χ4n) is 2.82. The molecule has 24 heavy (non-hydrogen) atoms. The zero-order chi connectivity index (χ0) is 17.9. The third-order valence-electron chi connectivity index (χ3n) is 3.88. The summed E-state index contributed by atoms with van der Waals surface area (Å²) in [6.07, 6.45) is 1.88. The maximum absolute atomic E-state index is 13.4. The van der Waals surface area contributed by atoms with Crippen molar-refractivity contribution < 1.29 is 23.4 Å². The van der Waals surface area contributed by atoms with Gasteiger partial charge < -0.3 is 14.2 Å². The number of halogens is 1. The first-order valence-electron chi connectivity index (χ1n) is 7.84. The molecular weight excluding hydrogens is 311 g/mol. The first-order chi connectivity index (χ1) is 11.2. The fourth-order valence-corrected chi connectivity index (χ4v) is 2.82. The van der Waals surface area contributed by atoms with Crippen LogP contribution in [0.5, 0.6) is 5.75 Å². The fraction of sp³-hybridized carbons (Fsp3) is 0.421. The second kappa shape index (κ2) is 7.07. The summed E-state index contributed by atoms with van der Waals surface area (Å²) in [5, 5.41) is 0. The molecule has 0 aromatic heterocycles. The minimum absolute atomic E-state index is 0.301. The molecule has 1 heterocycles. The summed E-state index contributed by atoms with van der Waals surface area (Å²) in [6.45, 7) is 11.1. The molecule has 0 amide bonds. The number of hydrogen-bond acceptors (Lipinski definition) is 4. The molecule has 1 fully saturated rings. The Labute approximate surface area is 141 Å². The van der Waals surface area contributed by atoms with Crippen molar-refractivity contribution in [2.45, 2.75) is 38.9 Å². The molecule has 0 bridgehead atoms. The summed E-state index contributed by atoms with van der Waals surface area (Å²) in [6, 6.07) is 4.43. The number of ether oxygens (including phenoxy) is 3. The average molecular weight is 334 g/mol. The predicted octanol–water partition coefficient (Wildman–Crippen LogP) is 4.15. The van der Waals surface area contributed by atoms with Gasteiger partial charge >= 0.3 is 5.97 Å². The lowest BCUT2D eigenvalue weighted by Gasteiger charge is -2.36. The largest absolute Gasteiger partial charge is 0.496 e. The normalized spacial score (nSPS) is 19.4. The molecule has 0 N–H and O–H groups in total. The third-order valence-corrected chi connectivity index (χ3v) is 3.88. The molecule has 4 nitrogen and oxygen atoms in total. The Morgan fingerprint density at radius 1 is 1.38 bits per heavy atom. The lowest BCUT2D eigenvalue weighted by atomic mass is 9.92. The van der Waals surface area contributed by atoms with E-state index in [4.69, 9.17) is 14.2 Å². The zero-order valence-electron chi connectivity index (χ0n) is 14.4. The molecule has 0 spiro atoms. The van der Waals surface area contributed by atoms with E-state index in [1.54, 1.807) is 27.0 Å². The van der Waals surface area contributed by atoms with Gasteiger partial charge in [0.25, 0.3) is 0 Å². The van der Waals surface area contributed by atoms with E-state index < -0.39 is 17.7 Å². The van der Waals surface area contributed by atoms with Crippen molar-refractivity contribution >= 4 is 5.97 Å². The van der Waals surface area contributed by atoms with Crippen LogP contribution in [0.2, 0.25) is 0 Å². The Kier molecular flexibility index (Phi) is 5.32. The van der Waals surface area contributed by atoms with E-state index >= 15 is 0 Å². The average Bonchev–Trinajstić information content (AvgIpc) is 2.45. The highest BCUT2D eigenvalue weighted by Gasteiger charge is 2.40. The van der Waals surface area contributed by atoms with Crippen LogP contribution in [-0.4, -0.2) is 18.9 Å². The summed E-state index contributed by atoms with van der Waals surface area (Å²) < 4.78 is 29.4. The molecule has 0 aliphatic carbocycles. The Bertz CT molecular complexity index is 643. The monoisotopic (exact) mass is 334 g/mol. The molecule has 0 radical (unpaired) electrons. The summed E-state index contributed by atoms with van der Waals surface area (Å²) >= 11 is 0. The number of methoxy groups -OCH3 is 1. The number of cyclic esters (lactones) is 1. The number of benzene rings is 1. The minimum Gasteiger partial charge on any atom is -0.496 e. The highest BCUT2D eigenvalue weighted by atomic mass is 19.1. The Morgan fingerprint density at radius 2 is 2.08 bits per heavy atom. The van der Waals surface area contributed by atoms with Crippen molar-refractivity contribution in [1.29, 1.82) is 0 Å². The number of carbonyl (C=O) groups excluding carboxylic acids is 1. The van der Waals surface area contributed by atoms with E-state index in [9.17, 15) is 9.18 Å². The van der Waals surface area contributed by atoms with Crippen molar-refractivity contribution in [2.75, 3.05) is 7.11 Å². The number of aryl methyl sites for hydroxylation is 1. The van der Waals surface area contributed by atoms with Gasteiger partial charge in [0.2, 0.25) is 5.79 Å². The standard InChI is InChI=1S/C19H23FO4/c1-12(17-13(2)23-19(3,4)24-18(17)21)7-6-8-14-11-15(20)9-10-16(14)22-5/h9-11,17H,1-2,6-8H2,3-5H3. The van der Waals surface area contributed by atoms with Crippen molar-refractivity contribution in [3.63, 3.8) is 0 Å². The number of carbonyl (C=O) groups is 1. The number of esters is 1. The molecule has 1 saturated heterocycles. The molecular formula is C19H23FO4. The van der Waals surface area contributed by atoms with Crippen LogP contribution in [-0.2, 0) is 20.7 Å². The maximum atomic E-state index is 13.4. The van der Waals surface area contributed by atoms with E-state index in [0.29, 0.717) is 36.3 Å². The van der Waals surface area contributed by atoms with Crippen molar-refractivity contribution in [2.24, 2.45) is 5.92 Å². The van der Waals surface area contributed by atoms with Crippen LogP contribution >= 0.6 is 0 Å². The van der Waals surface area contributed by atoms with Crippen LogP contribution in [0, 0.1) is 11.7 Å². The van der Waals surface area contributed by atoms with Gasteiger partial charge in [-0.15, -0.1) is 0 Å². The second-order valence-electron chi connectivity index (χ2n) is 6.29. The molecule has 0 saturated carbocycles. The van der Waals surface area contributed by atoms with Gasteiger partial charge in [0.15, 0.2) is 0 Å². The van der Waals surface area contributed by atoms with Gasteiger partial charge in [-0.2, -0.15) is 0 Å². The first kappa shape index (κ1) is 18.0. The summed E-state index contributed by atoms with van der Waals surface area (Å²) in [5.41, 5.74) is 1.46. The topological polar surface area (TPSA) is 44.8 Å². The molecule has 1 aromatic carbocycles. The van der Waals surface area contributed by atoms with E-state index in [1.165, 1.54) is 12.1 Å². The quantitative estimate of drug-likeness (QED) is 0.579. The Hall–Kier alpha value is -2.30. The molecule has 1 aliphatic heterocycles. The second-order valence-corrected chi connectivity index (χ2v) is 6.29. The van der Waals surface area contributed by atoms with Gasteiger partial charge in [0.05, 0.1) is 7.11 Å². The SMILES string of the molecule is C=C(CCCc1cc(F)ccc1OC)C1C(=C)OC(C)(C)OC1=O. The molecule has 1 aliphatic rings. The molecule has 1 aromatic rings. The molecule has 2 rings (SSSR count). The van der Waals surface area contributed by atoms with E-state index in [2.05, 4.69) is 13.2 Å². The van der Waals surface area contributed by atoms with Crippen molar-refractivity contribution in [3.05, 3.63) is 54.1 Å². The van der Waals surface area contributed by atoms with E-state index in [-0.39, 0.29) is 5.82 Å². The summed E-state index contributed by atoms with van der Waals surface area (Å²) in [4.78, 5) is 12.1. The minimum atomic E-state index is -1.00. The molecule has 5 heteroatoms. The predicted molar refractivity (Wildman–Crippen MR) is 88.9 cm³/mol. The molecule has 130 valence electrons. The first-order valence-corrected chi connectivity index (χ1v) is 7.84. The maximum Gasteiger partial charge on any atom is 0.324 e. The highest BCUT2D eigenvalue weighted by Crippen LogP contribution is 2.34. The molecule has 1 atom stereocenters. The van der Waals surface area contributed by atoms with E-state index in [0.717, 1.165) is 5.56 Å². The van der Waals surface area contributed by atoms with Gasteiger partial charge in [0, 0.05) is 13.8 Å². The van der Waals surface area contributed by atoms with Crippen LogP contribution in [0.3, 0.4) is 0 Å². The van der Waals surface area contributed by atoms with Crippen LogP contribution in [0.4, 0.5) is 4.39 Å². The van der Waals surface area contributed by atoms with Crippen LogP contribution in [0.15, 0.2) is 42.7 Å². The van der Waals surface area contributed by atoms with Gasteiger partial charge in [-0.25, -0.2) is 4.39 Å². The van der Waals surface area contributed by atoms with Gasteiger partial charge in [-0.1, -0.05) is 18.7 Å². The lowest BCUT2D eigenvalue weighted by Crippen LogP contribution is -2.41. The molecule has 1 unspecified atom stereocenters. The Balaban J connectivity index is 1.95. The smallest absolute Gasteiger partial charge is 0.324 e. The Morgan fingerprint density at radius 3 is 2.71 bits per heavy atom. The summed E-state index contributed by atoms with van der Waals surface area (Å²) in [5.74, 6) is -1.36. The van der Waals surface area contributed by atoms with Crippen LogP contribution in [0.25, 0.3) is 0 Å². The van der Waals surface area contributed by atoms with Crippen LogP contribution in [0.1, 0.15) is 32.3 Å². The highest BCUT2D eigenvalue weighted by molar-refractivity contribution is 5.79. The van der Waals surface area contributed by atoms with Gasteiger partial charge in [-0.05, 0) is 43.0 Å². The third kappa shape index (κ3) is 4.16. The number of hydrogen-bond donors (Lipinski definition) is 0. The lowest BCUT2D eigenvalue weighted by molar-refractivity contribution is -0.224. The van der Waals surface area contributed by atoms with E-state index in [1.807, 2.05) is 0 Å². The van der Waals surface area contributed by atoms with Crippen molar-refractivity contribution in [3.8, 4) is 5.75 Å². The van der Waals surface area contributed by atoms with Crippen molar-refractivity contribution in [1.82, 2.24) is 0 Å². The van der Waals surface area contributed by atoms with Gasteiger partial charge in [0.1, 0.15) is 23.2 Å². The zero-order valence-corrected chi connectivity index (χ0v) is 14.4. The number of rotatable bonds is 6. The summed E-state index contributed by atoms with van der Waals surface area (Å²) in [7, 11) is 1.55. The van der Waals surface area contributed by atoms with Gasteiger partial charge in [-0.3, -0.25) is 4.79 Å².